The third-order valence-electron chi connectivity index (χ3n) is 3.37. The van der Waals surface area contributed by atoms with Crippen molar-refractivity contribution < 1.29 is 19.1 Å². The van der Waals surface area contributed by atoms with Gasteiger partial charge in [-0.15, -0.1) is 0 Å². The van der Waals surface area contributed by atoms with Crippen LogP contribution in [0.3, 0.4) is 0 Å². The molecule has 0 aromatic heterocycles. The predicted molar refractivity (Wildman–Crippen MR) is 96.9 cm³/mol. The molecule has 0 radical (unpaired) electrons. The lowest BCUT2D eigenvalue weighted by atomic mass is 10.2. The van der Waals surface area contributed by atoms with E-state index >= 15 is 0 Å². The van der Waals surface area contributed by atoms with Gasteiger partial charge in [0.1, 0.15) is 11.8 Å². The Morgan fingerprint density at radius 1 is 1.23 bits per heavy atom. The average Bonchev–Trinajstić information content (AvgIpc) is 2.65. The number of nitrogens with one attached hydrogen (secondary N) is 1. The van der Waals surface area contributed by atoms with Crippen molar-refractivity contribution in [3.05, 3.63) is 59.1 Å². The molecule has 0 heterocycles. The minimum Gasteiger partial charge on any atom is -0.479 e. The molecular formula is C19H17ClN2O4. The second kappa shape index (κ2) is 9.44. The lowest BCUT2D eigenvalue weighted by molar-refractivity contribution is -0.154. The smallest absolute Gasteiger partial charge is 0.347 e. The van der Waals surface area contributed by atoms with Gasteiger partial charge in [0.15, 0.2) is 12.7 Å². The third-order valence-corrected chi connectivity index (χ3v) is 3.69. The standard InChI is InChI=1S/C19H17ClN2O4/c1-2-17(26-15-6-4-3-5-7-15)19(24)25-12-18(23)22-14-9-8-13(11-21)16(20)10-14/h3-10,17H,2,12H2,1H3,(H,22,23)/t17-/m1/s1. The molecule has 2 aromatic rings. The van der Waals surface area contributed by atoms with Gasteiger partial charge in [-0.25, -0.2) is 4.79 Å². The van der Waals surface area contributed by atoms with Gasteiger partial charge in [0.05, 0.1) is 10.6 Å². The highest BCUT2D eigenvalue weighted by atomic mass is 35.5. The number of halogens is 1. The molecule has 0 saturated heterocycles. The van der Waals surface area contributed by atoms with Crippen LogP contribution in [-0.2, 0) is 14.3 Å². The van der Waals surface area contributed by atoms with Crippen LogP contribution in [0.4, 0.5) is 5.69 Å². The van der Waals surface area contributed by atoms with E-state index in [4.69, 9.17) is 26.3 Å². The van der Waals surface area contributed by atoms with Crippen LogP contribution >= 0.6 is 11.6 Å². The van der Waals surface area contributed by atoms with Gasteiger partial charge in [-0.05, 0) is 36.8 Å². The summed E-state index contributed by atoms with van der Waals surface area (Å²) in [5.74, 6) is -0.592. The summed E-state index contributed by atoms with van der Waals surface area (Å²) in [5, 5.41) is 11.6. The molecule has 0 aliphatic carbocycles. The Kier molecular flexibility index (Phi) is 7.01. The number of carbonyl (C=O) groups is 2. The normalized spacial score (nSPS) is 11.1. The number of nitrogens with zero attached hydrogens (tertiary/aromatic N) is 1. The molecule has 0 spiro atoms. The van der Waals surface area contributed by atoms with E-state index < -0.39 is 24.6 Å². The van der Waals surface area contributed by atoms with Crippen LogP contribution < -0.4 is 10.1 Å². The fourth-order valence-electron chi connectivity index (χ4n) is 2.07. The van der Waals surface area contributed by atoms with Gasteiger partial charge < -0.3 is 14.8 Å². The van der Waals surface area contributed by atoms with Crippen LogP contribution in [0, 0.1) is 11.3 Å². The minimum absolute atomic E-state index is 0.226. The number of esters is 1. The second-order valence-corrected chi connectivity index (χ2v) is 5.70. The van der Waals surface area contributed by atoms with Gasteiger partial charge in [0.2, 0.25) is 0 Å². The molecule has 2 aromatic carbocycles. The van der Waals surface area contributed by atoms with E-state index in [0.29, 0.717) is 23.4 Å². The van der Waals surface area contributed by atoms with Crippen LogP contribution in [0.2, 0.25) is 5.02 Å². The zero-order valence-corrected chi connectivity index (χ0v) is 14.8. The Morgan fingerprint density at radius 2 is 1.96 bits per heavy atom. The maximum Gasteiger partial charge on any atom is 0.347 e. The number of carbonyl (C=O) groups excluding carboxylic acids is 2. The van der Waals surface area contributed by atoms with Gasteiger partial charge in [-0.2, -0.15) is 5.26 Å². The van der Waals surface area contributed by atoms with Crippen LogP contribution in [0.25, 0.3) is 0 Å². The number of ether oxygens (including phenoxy) is 2. The van der Waals surface area contributed by atoms with Crippen LogP contribution in [-0.4, -0.2) is 24.6 Å². The number of hydrogen-bond donors (Lipinski definition) is 1. The van der Waals surface area contributed by atoms with Crippen molar-refractivity contribution in [2.24, 2.45) is 0 Å². The molecular weight excluding hydrogens is 356 g/mol. The number of benzene rings is 2. The predicted octanol–water partition coefficient (Wildman–Crippen LogP) is 3.55. The molecule has 134 valence electrons. The average molecular weight is 373 g/mol. The largest absolute Gasteiger partial charge is 0.479 e. The van der Waals surface area contributed by atoms with Crippen molar-refractivity contribution in [1.82, 2.24) is 0 Å². The summed E-state index contributed by atoms with van der Waals surface area (Å²) in [6.07, 6.45) is -0.393. The Balaban J connectivity index is 1.86. The minimum atomic E-state index is -0.797. The molecule has 6 nitrogen and oxygen atoms in total. The quantitative estimate of drug-likeness (QED) is 0.751. The van der Waals surface area contributed by atoms with E-state index in [1.54, 1.807) is 31.2 Å². The molecule has 0 fully saturated rings. The van der Waals surface area contributed by atoms with E-state index in [0.717, 1.165) is 0 Å². The monoisotopic (exact) mass is 372 g/mol. The summed E-state index contributed by atoms with van der Waals surface area (Å²) in [7, 11) is 0. The number of anilines is 1. The Hall–Kier alpha value is -3.04. The zero-order chi connectivity index (χ0) is 18.9. The molecule has 0 unspecified atom stereocenters. The van der Waals surface area contributed by atoms with Crippen molar-refractivity contribution in [3.63, 3.8) is 0 Å². The van der Waals surface area contributed by atoms with Crippen LogP contribution in [0.5, 0.6) is 5.75 Å². The molecule has 1 N–H and O–H groups in total. The highest BCUT2D eigenvalue weighted by Gasteiger charge is 2.21. The lowest BCUT2D eigenvalue weighted by Crippen LogP contribution is -2.31. The van der Waals surface area contributed by atoms with E-state index in [9.17, 15) is 9.59 Å². The van der Waals surface area contributed by atoms with Crippen LogP contribution in [0.1, 0.15) is 18.9 Å². The van der Waals surface area contributed by atoms with Crippen molar-refractivity contribution in [1.29, 1.82) is 5.26 Å². The third kappa shape index (κ3) is 5.50. The highest BCUT2D eigenvalue weighted by molar-refractivity contribution is 6.32. The fraction of sp³-hybridized carbons (Fsp3) is 0.211. The summed E-state index contributed by atoms with van der Waals surface area (Å²) < 4.78 is 10.6. The summed E-state index contributed by atoms with van der Waals surface area (Å²) in [4.78, 5) is 24.0. The molecule has 7 heteroatoms. The van der Waals surface area contributed by atoms with Gasteiger partial charge in [-0.1, -0.05) is 36.7 Å². The SMILES string of the molecule is CC[C@@H](Oc1ccccc1)C(=O)OCC(=O)Nc1ccc(C#N)c(Cl)c1. The van der Waals surface area contributed by atoms with Crippen molar-refractivity contribution in [2.45, 2.75) is 19.4 Å². The molecule has 2 rings (SSSR count). The number of rotatable bonds is 7. The Morgan fingerprint density at radius 3 is 2.58 bits per heavy atom. The van der Waals surface area contributed by atoms with Gasteiger partial charge in [0, 0.05) is 5.69 Å². The molecule has 1 amide bonds. The molecule has 0 saturated carbocycles. The van der Waals surface area contributed by atoms with E-state index in [-0.39, 0.29) is 5.02 Å². The summed E-state index contributed by atoms with van der Waals surface area (Å²) in [6.45, 7) is 1.33. The van der Waals surface area contributed by atoms with Crippen molar-refractivity contribution in [2.75, 3.05) is 11.9 Å². The van der Waals surface area contributed by atoms with Crippen molar-refractivity contribution >= 4 is 29.2 Å². The topological polar surface area (TPSA) is 88.4 Å². The molecule has 1 atom stereocenters. The fourth-order valence-corrected chi connectivity index (χ4v) is 2.29. The molecule has 0 aliphatic heterocycles. The number of hydrogen-bond acceptors (Lipinski definition) is 5. The number of nitriles is 1. The first-order valence-electron chi connectivity index (χ1n) is 7.91. The first kappa shape index (κ1) is 19.3. The number of para-hydroxylation sites is 1. The van der Waals surface area contributed by atoms with E-state index in [2.05, 4.69) is 5.32 Å². The van der Waals surface area contributed by atoms with Crippen molar-refractivity contribution in [3.8, 4) is 11.8 Å². The second-order valence-electron chi connectivity index (χ2n) is 5.29. The first-order chi connectivity index (χ1) is 12.5. The Labute approximate surface area is 156 Å². The molecule has 26 heavy (non-hydrogen) atoms. The molecule has 0 bridgehead atoms. The summed E-state index contributed by atoms with van der Waals surface area (Å²) >= 11 is 5.90. The maximum absolute atomic E-state index is 12.1. The Bertz CT molecular complexity index is 818. The highest BCUT2D eigenvalue weighted by Crippen LogP contribution is 2.20. The van der Waals surface area contributed by atoms with Gasteiger partial charge >= 0.3 is 5.97 Å². The van der Waals surface area contributed by atoms with Gasteiger partial charge in [0.25, 0.3) is 5.91 Å². The lowest BCUT2D eigenvalue weighted by Gasteiger charge is -2.16. The van der Waals surface area contributed by atoms with E-state index in [1.165, 1.54) is 18.2 Å². The van der Waals surface area contributed by atoms with Crippen LogP contribution in [0.15, 0.2) is 48.5 Å². The molecule has 0 aliphatic rings. The summed E-state index contributed by atoms with van der Waals surface area (Å²) in [5.41, 5.74) is 0.711. The number of amides is 1. The van der Waals surface area contributed by atoms with Gasteiger partial charge in [-0.3, -0.25) is 4.79 Å². The first-order valence-corrected chi connectivity index (χ1v) is 8.29. The van der Waals surface area contributed by atoms with E-state index in [1.807, 2.05) is 12.1 Å². The zero-order valence-electron chi connectivity index (χ0n) is 14.1. The summed E-state index contributed by atoms with van der Waals surface area (Å²) in [6, 6.07) is 15.3. The maximum atomic E-state index is 12.1.